The van der Waals surface area contributed by atoms with Crippen molar-refractivity contribution in [2.24, 2.45) is 5.10 Å². The van der Waals surface area contributed by atoms with Crippen LogP contribution in [-0.4, -0.2) is 28.4 Å². The molecule has 2 rings (SSSR count). The number of methoxy groups -OCH3 is 1. The van der Waals surface area contributed by atoms with E-state index < -0.39 is 0 Å². The normalized spacial score (nSPS) is 19.1. The average molecular weight is 266 g/mol. The summed E-state index contributed by atoms with van der Waals surface area (Å²) in [5.41, 5.74) is 4.08. The minimum atomic E-state index is -0.142. The number of hydrogen-bond acceptors (Lipinski definition) is 5. The largest absolute Gasteiger partial charge is 0.504 e. The van der Waals surface area contributed by atoms with E-state index in [1.165, 1.54) is 18.9 Å². The SMILES string of the molecule is CCC1SC(=O)NN=C1c1ccc(O)c(OC)c1. The average Bonchev–Trinajstić information content (AvgIpc) is 2.39. The highest BCUT2D eigenvalue weighted by Gasteiger charge is 2.25. The summed E-state index contributed by atoms with van der Waals surface area (Å²) in [5, 5.41) is 13.5. The Morgan fingerprint density at radius 2 is 2.33 bits per heavy atom. The Morgan fingerprint density at radius 1 is 1.56 bits per heavy atom. The van der Waals surface area contributed by atoms with E-state index in [1.54, 1.807) is 18.2 Å². The van der Waals surface area contributed by atoms with Crippen LogP contribution in [0, 0.1) is 0 Å². The predicted molar refractivity (Wildman–Crippen MR) is 71.4 cm³/mol. The molecule has 1 unspecified atom stereocenters. The summed E-state index contributed by atoms with van der Waals surface area (Å²) in [4.78, 5) is 11.3. The molecule has 6 heteroatoms. The van der Waals surface area contributed by atoms with Crippen LogP contribution in [0.2, 0.25) is 0 Å². The maximum atomic E-state index is 11.3. The minimum absolute atomic E-state index is 0.0213. The first-order valence-electron chi connectivity index (χ1n) is 5.57. The molecule has 1 amide bonds. The van der Waals surface area contributed by atoms with Crippen molar-refractivity contribution in [1.29, 1.82) is 0 Å². The third kappa shape index (κ3) is 2.43. The van der Waals surface area contributed by atoms with Gasteiger partial charge in [-0.25, -0.2) is 5.43 Å². The Bertz CT molecular complexity index is 502. The van der Waals surface area contributed by atoms with E-state index >= 15 is 0 Å². The van der Waals surface area contributed by atoms with Gasteiger partial charge in [0.15, 0.2) is 11.5 Å². The molecule has 0 spiro atoms. The van der Waals surface area contributed by atoms with Gasteiger partial charge in [0.1, 0.15) is 0 Å². The number of ether oxygens (including phenoxy) is 1. The first kappa shape index (κ1) is 12.8. The molecule has 0 aliphatic carbocycles. The lowest BCUT2D eigenvalue weighted by atomic mass is 10.0. The standard InChI is InChI=1S/C12H14N2O3S/c1-3-10-11(13-14-12(16)18-10)7-4-5-8(15)9(6-7)17-2/h4-6,10,15H,3H2,1-2H3,(H,14,16). The fourth-order valence-electron chi connectivity index (χ4n) is 1.75. The molecule has 1 aliphatic heterocycles. The van der Waals surface area contributed by atoms with Crippen molar-refractivity contribution in [1.82, 2.24) is 5.43 Å². The molecule has 1 heterocycles. The monoisotopic (exact) mass is 266 g/mol. The number of amides is 1. The second kappa shape index (κ2) is 5.30. The Kier molecular flexibility index (Phi) is 3.76. The Labute approximate surface area is 109 Å². The smallest absolute Gasteiger partial charge is 0.299 e. The number of carbonyl (C=O) groups excluding carboxylic acids is 1. The van der Waals surface area contributed by atoms with Gasteiger partial charge in [-0.05, 0) is 24.6 Å². The number of phenolic OH excluding ortho intramolecular Hbond substituents is 1. The lowest BCUT2D eigenvalue weighted by Gasteiger charge is -2.21. The van der Waals surface area contributed by atoms with E-state index in [2.05, 4.69) is 10.5 Å². The third-order valence-electron chi connectivity index (χ3n) is 2.67. The molecule has 18 heavy (non-hydrogen) atoms. The quantitative estimate of drug-likeness (QED) is 0.881. The van der Waals surface area contributed by atoms with Gasteiger partial charge in [-0.15, -0.1) is 0 Å². The number of hydrogen-bond donors (Lipinski definition) is 2. The van der Waals surface area contributed by atoms with Crippen molar-refractivity contribution in [2.45, 2.75) is 18.6 Å². The molecule has 0 aromatic heterocycles. The van der Waals surface area contributed by atoms with Gasteiger partial charge in [0.25, 0.3) is 5.24 Å². The van der Waals surface area contributed by atoms with Crippen molar-refractivity contribution < 1.29 is 14.6 Å². The van der Waals surface area contributed by atoms with Gasteiger partial charge in [-0.3, -0.25) is 4.79 Å². The molecule has 5 nitrogen and oxygen atoms in total. The van der Waals surface area contributed by atoms with E-state index in [9.17, 15) is 9.90 Å². The van der Waals surface area contributed by atoms with Crippen LogP contribution >= 0.6 is 11.8 Å². The van der Waals surface area contributed by atoms with E-state index in [-0.39, 0.29) is 16.2 Å². The van der Waals surface area contributed by atoms with Crippen LogP contribution in [0.3, 0.4) is 0 Å². The number of phenols is 1. The molecule has 1 aliphatic rings. The van der Waals surface area contributed by atoms with Gasteiger partial charge in [0.2, 0.25) is 0 Å². The van der Waals surface area contributed by atoms with Crippen LogP contribution in [0.4, 0.5) is 4.79 Å². The number of rotatable bonds is 3. The second-order valence-electron chi connectivity index (χ2n) is 3.80. The van der Waals surface area contributed by atoms with Crippen molar-refractivity contribution in [3.05, 3.63) is 23.8 Å². The molecule has 0 saturated heterocycles. The molecular formula is C12H14N2O3S. The summed E-state index contributed by atoms with van der Waals surface area (Å²) in [6.07, 6.45) is 0.806. The Morgan fingerprint density at radius 3 is 3.00 bits per heavy atom. The number of benzene rings is 1. The topological polar surface area (TPSA) is 70.9 Å². The molecule has 2 N–H and O–H groups in total. The zero-order valence-electron chi connectivity index (χ0n) is 10.1. The van der Waals surface area contributed by atoms with Crippen molar-refractivity contribution in [2.75, 3.05) is 7.11 Å². The second-order valence-corrected chi connectivity index (χ2v) is 4.97. The van der Waals surface area contributed by atoms with Crippen LogP contribution in [0.15, 0.2) is 23.3 Å². The van der Waals surface area contributed by atoms with Crippen LogP contribution in [0.1, 0.15) is 18.9 Å². The van der Waals surface area contributed by atoms with E-state index in [0.717, 1.165) is 17.7 Å². The van der Waals surface area contributed by atoms with Gasteiger partial charge in [0, 0.05) is 5.56 Å². The summed E-state index contributed by atoms with van der Waals surface area (Å²) in [7, 11) is 1.50. The molecule has 1 aromatic carbocycles. The first-order valence-corrected chi connectivity index (χ1v) is 6.45. The van der Waals surface area contributed by atoms with Gasteiger partial charge >= 0.3 is 0 Å². The van der Waals surface area contributed by atoms with E-state index in [0.29, 0.717) is 5.75 Å². The number of hydrazone groups is 1. The maximum absolute atomic E-state index is 11.3. The van der Waals surface area contributed by atoms with Crippen LogP contribution in [0.5, 0.6) is 11.5 Å². The van der Waals surface area contributed by atoms with Gasteiger partial charge < -0.3 is 9.84 Å². The van der Waals surface area contributed by atoms with Gasteiger partial charge in [-0.1, -0.05) is 18.7 Å². The Balaban J connectivity index is 2.38. The van der Waals surface area contributed by atoms with E-state index in [4.69, 9.17) is 4.74 Å². The number of carbonyl (C=O) groups is 1. The fraction of sp³-hybridized carbons (Fsp3) is 0.333. The summed E-state index contributed by atoms with van der Waals surface area (Å²) in [6.45, 7) is 2.00. The highest BCUT2D eigenvalue weighted by Crippen LogP contribution is 2.30. The molecule has 1 atom stereocenters. The summed E-state index contributed by atoms with van der Waals surface area (Å²) in [6, 6.07) is 5.04. The molecule has 96 valence electrons. The summed E-state index contributed by atoms with van der Waals surface area (Å²) < 4.78 is 5.07. The first-order chi connectivity index (χ1) is 8.65. The lowest BCUT2D eigenvalue weighted by molar-refractivity contribution is 0.260. The maximum Gasteiger partial charge on any atom is 0.299 e. The fourth-order valence-corrected chi connectivity index (χ4v) is 2.58. The Hall–Kier alpha value is -1.69. The number of thioether (sulfide) groups is 1. The number of aromatic hydroxyl groups is 1. The summed E-state index contributed by atoms with van der Waals surface area (Å²) >= 11 is 1.22. The lowest BCUT2D eigenvalue weighted by Crippen LogP contribution is -2.31. The number of nitrogens with zero attached hydrogens (tertiary/aromatic N) is 1. The zero-order chi connectivity index (χ0) is 13.1. The molecule has 0 bridgehead atoms. The molecule has 1 aromatic rings. The van der Waals surface area contributed by atoms with Gasteiger partial charge in [-0.2, -0.15) is 5.10 Å². The van der Waals surface area contributed by atoms with Crippen molar-refractivity contribution in [3.8, 4) is 11.5 Å². The summed E-state index contributed by atoms with van der Waals surface area (Å²) in [5.74, 6) is 0.481. The van der Waals surface area contributed by atoms with E-state index in [1.807, 2.05) is 6.92 Å². The molecule has 0 fully saturated rings. The highest BCUT2D eigenvalue weighted by molar-refractivity contribution is 8.14. The van der Waals surface area contributed by atoms with Crippen LogP contribution in [0.25, 0.3) is 0 Å². The van der Waals surface area contributed by atoms with Crippen LogP contribution < -0.4 is 10.2 Å². The van der Waals surface area contributed by atoms with Gasteiger partial charge in [0.05, 0.1) is 18.1 Å². The number of nitrogens with one attached hydrogen (secondary N) is 1. The molecule has 0 saturated carbocycles. The zero-order valence-corrected chi connectivity index (χ0v) is 11.0. The van der Waals surface area contributed by atoms with Crippen LogP contribution in [-0.2, 0) is 0 Å². The minimum Gasteiger partial charge on any atom is -0.504 e. The molecule has 0 radical (unpaired) electrons. The molecular weight excluding hydrogens is 252 g/mol. The van der Waals surface area contributed by atoms with Crippen molar-refractivity contribution in [3.63, 3.8) is 0 Å². The highest BCUT2D eigenvalue weighted by atomic mass is 32.2. The van der Waals surface area contributed by atoms with Crippen molar-refractivity contribution >= 4 is 22.7 Å². The predicted octanol–water partition coefficient (Wildman–Crippen LogP) is 2.34. The third-order valence-corrected chi connectivity index (χ3v) is 3.81.